The number of hydrogen-bond donors (Lipinski definition) is 1. The smallest absolute Gasteiger partial charge is 0.271 e. The zero-order valence-corrected chi connectivity index (χ0v) is 15.3. The third-order valence-corrected chi connectivity index (χ3v) is 4.48. The van der Waals surface area contributed by atoms with Crippen LogP contribution in [0, 0.1) is 0 Å². The van der Waals surface area contributed by atoms with E-state index in [0.29, 0.717) is 18.8 Å². The van der Waals surface area contributed by atoms with Crippen molar-refractivity contribution in [3.05, 3.63) is 84.3 Å². The Labute approximate surface area is 162 Å². The molecule has 0 radical (unpaired) electrons. The zero-order valence-electron chi connectivity index (χ0n) is 15.3. The maximum atomic E-state index is 12.2. The first-order chi connectivity index (χ1) is 13.8. The molecule has 0 atom stereocenters. The lowest BCUT2D eigenvalue weighted by Crippen LogP contribution is -2.28. The Bertz CT molecular complexity index is 1060. The SMILES string of the molecule is O=C(NCCn1c(CCc2ccccc2)nc2cccnc21)c1cnccn1. The molecule has 140 valence electrons. The lowest BCUT2D eigenvalue weighted by molar-refractivity contribution is 0.0947. The first kappa shape index (κ1) is 17.8. The van der Waals surface area contributed by atoms with E-state index in [4.69, 9.17) is 4.98 Å². The van der Waals surface area contributed by atoms with Gasteiger partial charge in [0, 0.05) is 38.1 Å². The molecule has 0 saturated heterocycles. The number of benzene rings is 1. The van der Waals surface area contributed by atoms with Crippen LogP contribution in [0.3, 0.4) is 0 Å². The Morgan fingerprint density at radius 1 is 0.964 bits per heavy atom. The van der Waals surface area contributed by atoms with Gasteiger partial charge >= 0.3 is 0 Å². The Hall–Kier alpha value is -3.61. The van der Waals surface area contributed by atoms with Crippen LogP contribution in [-0.2, 0) is 19.4 Å². The topological polar surface area (TPSA) is 85.6 Å². The van der Waals surface area contributed by atoms with Crippen molar-refractivity contribution in [1.82, 2.24) is 29.8 Å². The van der Waals surface area contributed by atoms with E-state index in [-0.39, 0.29) is 5.91 Å². The Morgan fingerprint density at radius 2 is 1.86 bits per heavy atom. The number of aromatic nitrogens is 5. The number of nitrogens with zero attached hydrogens (tertiary/aromatic N) is 5. The van der Waals surface area contributed by atoms with Crippen LogP contribution < -0.4 is 5.32 Å². The highest BCUT2D eigenvalue weighted by Crippen LogP contribution is 2.15. The van der Waals surface area contributed by atoms with Crippen molar-refractivity contribution >= 4 is 17.1 Å². The van der Waals surface area contributed by atoms with Gasteiger partial charge in [-0.25, -0.2) is 15.0 Å². The summed E-state index contributed by atoms with van der Waals surface area (Å²) in [4.78, 5) is 29.3. The standard InChI is InChI=1S/C21H20N6O/c28-21(18-15-22-11-12-23-18)25-13-14-27-19(9-8-16-5-2-1-3-6-16)26-17-7-4-10-24-20(17)27/h1-7,10-12,15H,8-9,13-14H2,(H,25,28). The summed E-state index contributed by atoms with van der Waals surface area (Å²) in [5.74, 6) is 0.725. The Balaban J connectivity index is 1.48. The minimum absolute atomic E-state index is 0.240. The van der Waals surface area contributed by atoms with Gasteiger partial charge in [0.25, 0.3) is 5.91 Å². The van der Waals surface area contributed by atoms with Crippen LogP contribution in [0.5, 0.6) is 0 Å². The van der Waals surface area contributed by atoms with Crippen molar-refractivity contribution in [2.75, 3.05) is 6.54 Å². The molecule has 4 rings (SSSR count). The summed E-state index contributed by atoms with van der Waals surface area (Å²) in [6.07, 6.45) is 7.96. The fourth-order valence-electron chi connectivity index (χ4n) is 3.12. The fraction of sp³-hybridized carbons (Fsp3) is 0.190. The average Bonchev–Trinajstić information content (AvgIpc) is 3.11. The molecule has 0 bridgehead atoms. The lowest BCUT2D eigenvalue weighted by atomic mass is 10.1. The molecule has 4 aromatic rings. The van der Waals surface area contributed by atoms with Crippen LogP contribution >= 0.6 is 0 Å². The van der Waals surface area contributed by atoms with E-state index in [1.54, 1.807) is 12.4 Å². The fourth-order valence-corrected chi connectivity index (χ4v) is 3.12. The van der Waals surface area contributed by atoms with E-state index in [1.165, 1.54) is 18.0 Å². The molecule has 3 aromatic heterocycles. The van der Waals surface area contributed by atoms with Crippen molar-refractivity contribution < 1.29 is 4.79 Å². The van der Waals surface area contributed by atoms with Gasteiger partial charge in [0.2, 0.25) is 0 Å². The molecule has 0 aliphatic carbocycles. The van der Waals surface area contributed by atoms with E-state index in [2.05, 4.69) is 37.0 Å². The van der Waals surface area contributed by atoms with Gasteiger partial charge in [-0.15, -0.1) is 0 Å². The van der Waals surface area contributed by atoms with Crippen LogP contribution in [0.15, 0.2) is 67.3 Å². The van der Waals surface area contributed by atoms with Crippen LogP contribution in [0.25, 0.3) is 11.2 Å². The number of aryl methyl sites for hydroxylation is 2. The van der Waals surface area contributed by atoms with Gasteiger partial charge in [0.05, 0.1) is 6.20 Å². The van der Waals surface area contributed by atoms with Gasteiger partial charge in [-0.05, 0) is 24.1 Å². The van der Waals surface area contributed by atoms with Gasteiger partial charge in [-0.2, -0.15) is 0 Å². The first-order valence-corrected chi connectivity index (χ1v) is 9.19. The van der Waals surface area contributed by atoms with Crippen molar-refractivity contribution in [2.45, 2.75) is 19.4 Å². The summed E-state index contributed by atoms with van der Waals surface area (Å²) >= 11 is 0. The molecule has 1 N–H and O–H groups in total. The van der Waals surface area contributed by atoms with E-state index in [1.807, 2.05) is 30.3 Å². The molecule has 7 nitrogen and oxygen atoms in total. The largest absolute Gasteiger partial charge is 0.349 e. The molecular weight excluding hydrogens is 352 g/mol. The second kappa shape index (κ2) is 8.39. The highest BCUT2D eigenvalue weighted by molar-refractivity contribution is 5.91. The van der Waals surface area contributed by atoms with Gasteiger partial charge in [-0.3, -0.25) is 9.78 Å². The number of fused-ring (bicyclic) bond motifs is 1. The molecular formula is C21H20N6O. The van der Waals surface area contributed by atoms with Crippen molar-refractivity contribution in [3.63, 3.8) is 0 Å². The number of hydrogen-bond acceptors (Lipinski definition) is 5. The first-order valence-electron chi connectivity index (χ1n) is 9.19. The maximum absolute atomic E-state index is 12.2. The summed E-state index contributed by atoms with van der Waals surface area (Å²) in [6, 6.07) is 14.2. The van der Waals surface area contributed by atoms with Crippen molar-refractivity contribution in [1.29, 1.82) is 0 Å². The predicted molar refractivity (Wildman–Crippen MR) is 106 cm³/mol. The van der Waals surface area contributed by atoms with Crippen LogP contribution in [0.4, 0.5) is 0 Å². The van der Waals surface area contributed by atoms with Crippen molar-refractivity contribution in [2.24, 2.45) is 0 Å². The molecule has 0 saturated carbocycles. The second-order valence-corrected chi connectivity index (χ2v) is 6.36. The molecule has 3 heterocycles. The van der Waals surface area contributed by atoms with Gasteiger partial charge < -0.3 is 9.88 Å². The lowest BCUT2D eigenvalue weighted by Gasteiger charge is -2.10. The molecule has 7 heteroatoms. The number of imidazole rings is 1. The summed E-state index contributed by atoms with van der Waals surface area (Å²) in [5, 5.41) is 2.89. The predicted octanol–water partition coefficient (Wildman–Crippen LogP) is 2.44. The molecule has 0 aliphatic heterocycles. The number of amides is 1. The summed E-state index contributed by atoms with van der Waals surface area (Å²) in [6.45, 7) is 1.04. The van der Waals surface area contributed by atoms with Gasteiger partial charge in [0.1, 0.15) is 17.0 Å². The highest BCUT2D eigenvalue weighted by atomic mass is 16.1. The molecule has 0 fully saturated rings. The maximum Gasteiger partial charge on any atom is 0.271 e. The summed E-state index contributed by atoms with van der Waals surface area (Å²) in [7, 11) is 0. The molecule has 0 spiro atoms. The Morgan fingerprint density at radius 3 is 2.68 bits per heavy atom. The van der Waals surface area contributed by atoms with E-state index >= 15 is 0 Å². The molecule has 0 aliphatic rings. The van der Waals surface area contributed by atoms with Gasteiger partial charge in [0.15, 0.2) is 5.65 Å². The molecule has 28 heavy (non-hydrogen) atoms. The average molecular weight is 372 g/mol. The van der Waals surface area contributed by atoms with Crippen LogP contribution in [0.2, 0.25) is 0 Å². The van der Waals surface area contributed by atoms with Crippen molar-refractivity contribution in [3.8, 4) is 0 Å². The number of carbonyl (C=O) groups excluding carboxylic acids is 1. The quantitative estimate of drug-likeness (QED) is 0.538. The minimum atomic E-state index is -0.240. The number of carbonyl (C=O) groups is 1. The van der Waals surface area contributed by atoms with E-state index < -0.39 is 0 Å². The summed E-state index contributed by atoms with van der Waals surface area (Å²) in [5.41, 5.74) is 3.27. The normalized spacial score (nSPS) is 10.9. The van der Waals surface area contributed by atoms with E-state index in [9.17, 15) is 4.79 Å². The zero-order chi connectivity index (χ0) is 19.2. The van der Waals surface area contributed by atoms with E-state index in [0.717, 1.165) is 29.8 Å². The minimum Gasteiger partial charge on any atom is -0.349 e. The Kier molecular flexibility index (Phi) is 5.33. The third kappa shape index (κ3) is 4.03. The number of rotatable bonds is 7. The van der Waals surface area contributed by atoms with Gasteiger partial charge in [-0.1, -0.05) is 30.3 Å². The molecule has 1 amide bonds. The molecule has 0 unspecified atom stereocenters. The second-order valence-electron chi connectivity index (χ2n) is 6.36. The highest BCUT2D eigenvalue weighted by Gasteiger charge is 2.12. The van der Waals surface area contributed by atoms with Crippen LogP contribution in [-0.4, -0.2) is 37.0 Å². The van der Waals surface area contributed by atoms with Crippen LogP contribution in [0.1, 0.15) is 21.9 Å². The summed E-state index contributed by atoms with van der Waals surface area (Å²) < 4.78 is 2.08. The third-order valence-electron chi connectivity index (χ3n) is 4.48. The number of pyridine rings is 1. The number of nitrogens with one attached hydrogen (secondary N) is 1. The molecule has 1 aromatic carbocycles. The monoisotopic (exact) mass is 372 g/mol.